The molecular formula is C14H8N4O2S. The maximum absolute atomic E-state index is 11.0. The molecule has 0 unspecified atom stereocenters. The average molecular weight is 296 g/mol. The van der Waals surface area contributed by atoms with Gasteiger partial charge in [-0.15, -0.1) is 0 Å². The lowest BCUT2D eigenvalue weighted by atomic mass is 10.2. The summed E-state index contributed by atoms with van der Waals surface area (Å²) in [5.74, 6) is -0.301. The van der Waals surface area contributed by atoms with Crippen LogP contribution >= 0.6 is 11.7 Å². The predicted molar refractivity (Wildman–Crippen MR) is 79.5 cm³/mol. The van der Waals surface area contributed by atoms with Crippen LogP contribution in [0.2, 0.25) is 0 Å². The number of rotatable bonds is 2. The van der Waals surface area contributed by atoms with E-state index < -0.39 is 5.97 Å². The van der Waals surface area contributed by atoms with Gasteiger partial charge in [-0.2, -0.15) is 8.75 Å². The van der Waals surface area contributed by atoms with Crippen molar-refractivity contribution in [1.29, 1.82) is 0 Å². The van der Waals surface area contributed by atoms with Crippen molar-refractivity contribution < 1.29 is 9.90 Å². The molecule has 2 heterocycles. The molecule has 0 saturated carbocycles. The zero-order valence-electron chi connectivity index (χ0n) is 10.6. The van der Waals surface area contributed by atoms with E-state index in [0.717, 1.165) is 33.8 Å². The van der Waals surface area contributed by atoms with Gasteiger partial charge in [0, 0.05) is 5.56 Å². The maximum atomic E-state index is 11.0. The van der Waals surface area contributed by atoms with E-state index in [0.29, 0.717) is 11.3 Å². The first kappa shape index (κ1) is 12.0. The Bertz CT molecular complexity index is 989. The van der Waals surface area contributed by atoms with Crippen LogP contribution in [0, 0.1) is 0 Å². The fourth-order valence-electron chi connectivity index (χ4n) is 2.27. The molecule has 21 heavy (non-hydrogen) atoms. The Morgan fingerprint density at radius 3 is 2.90 bits per heavy atom. The Kier molecular flexibility index (Phi) is 2.48. The van der Waals surface area contributed by atoms with Gasteiger partial charge in [-0.25, -0.2) is 9.78 Å². The van der Waals surface area contributed by atoms with Crippen molar-refractivity contribution in [3.05, 3.63) is 42.0 Å². The predicted octanol–water partition coefficient (Wildman–Crippen LogP) is 2.93. The third kappa shape index (κ3) is 1.86. The number of carboxylic acid groups (broad SMARTS) is 1. The minimum Gasteiger partial charge on any atom is -0.478 e. The van der Waals surface area contributed by atoms with Gasteiger partial charge < -0.3 is 10.1 Å². The molecule has 6 nitrogen and oxygen atoms in total. The molecule has 2 aromatic carbocycles. The van der Waals surface area contributed by atoms with Crippen molar-refractivity contribution in [3.63, 3.8) is 0 Å². The van der Waals surface area contributed by atoms with Crippen molar-refractivity contribution in [3.8, 4) is 11.4 Å². The van der Waals surface area contributed by atoms with Crippen LogP contribution in [-0.2, 0) is 0 Å². The van der Waals surface area contributed by atoms with Crippen molar-refractivity contribution in [1.82, 2.24) is 18.7 Å². The Morgan fingerprint density at radius 2 is 2.05 bits per heavy atom. The van der Waals surface area contributed by atoms with Crippen LogP contribution in [0.4, 0.5) is 0 Å². The quantitative estimate of drug-likeness (QED) is 0.593. The van der Waals surface area contributed by atoms with E-state index in [-0.39, 0.29) is 5.56 Å². The number of H-pyrrole nitrogens is 1. The van der Waals surface area contributed by atoms with Crippen LogP contribution in [0.1, 0.15) is 10.4 Å². The molecule has 102 valence electrons. The topological polar surface area (TPSA) is 91.8 Å². The number of benzene rings is 2. The number of hydrogen-bond acceptors (Lipinski definition) is 5. The fourth-order valence-corrected chi connectivity index (χ4v) is 2.82. The minimum absolute atomic E-state index is 0.228. The van der Waals surface area contributed by atoms with Crippen LogP contribution in [0.25, 0.3) is 33.5 Å². The molecule has 0 fully saturated rings. The Hall–Kier alpha value is -2.80. The minimum atomic E-state index is -0.959. The zero-order valence-corrected chi connectivity index (χ0v) is 11.4. The lowest BCUT2D eigenvalue weighted by Gasteiger charge is -1.96. The number of aromatic nitrogens is 4. The average Bonchev–Trinajstić information content (AvgIpc) is 3.12. The van der Waals surface area contributed by atoms with E-state index in [1.54, 1.807) is 18.2 Å². The Morgan fingerprint density at radius 1 is 1.14 bits per heavy atom. The van der Waals surface area contributed by atoms with E-state index in [9.17, 15) is 4.79 Å². The highest BCUT2D eigenvalue weighted by atomic mass is 32.1. The van der Waals surface area contributed by atoms with Crippen LogP contribution in [-0.4, -0.2) is 29.8 Å². The van der Waals surface area contributed by atoms with Crippen molar-refractivity contribution in [2.45, 2.75) is 0 Å². The normalized spacial score (nSPS) is 11.2. The van der Waals surface area contributed by atoms with E-state index >= 15 is 0 Å². The first-order chi connectivity index (χ1) is 10.2. The van der Waals surface area contributed by atoms with Gasteiger partial charge in [-0.3, -0.25) is 0 Å². The first-order valence-corrected chi connectivity index (χ1v) is 6.90. The van der Waals surface area contributed by atoms with Gasteiger partial charge in [0.25, 0.3) is 0 Å². The van der Waals surface area contributed by atoms with Gasteiger partial charge in [0.1, 0.15) is 16.9 Å². The van der Waals surface area contributed by atoms with E-state index in [1.165, 1.54) is 0 Å². The second-order valence-corrected chi connectivity index (χ2v) is 5.09. The summed E-state index contributed by atoms with van der Waals surface area (Å²) >= 11 is 1.16. The van der Waals surface area contributed by atoms with Crippen LogP contribution in [0.3, 0.4) is 0 Å². The van der Waals surface area contributed by atoms with Crippen LogP contribution in [0.5, 0.6) is 0 Å². The summed E-state index contributed by atoms with van der Waals surface area (Å²) in [6.45, 7) is 0. The Balaban J connectivity index is 1.94. The largest absolute Gasteiger partial charge is 0.478 e. The molecule has 0 radical (unpaired) electrons. The molecule has 0 aliphatic carbocycles. The van der Waals surface area contributed by atoms with Gasteiger partial charge in [-0.05, 0) is 30.3 Å². The molecule has 0 aliphatic heterocycles. The van der Waals surface area contributed by atoms with Gasteiger partial charge in [0.2, 0.25) is 0 Å². The first-order valence-electron chi connectivity index (χ1n) is 6.17. The highest BCUT2D eigenvalue weighted by Gasteiger charge is 2.12. The summed E-state index contributed by atoms with van der Waals surface area (Å²) in [6, 6.07) is 10.5. The molecule has 4 aromatic rings. The molecule has 2 N–H and O–H groups in total. The highest BCUT2D eigenvalue weighted by Crippen LogP contribution is 2.27. The SMILES string of the molecule is O=C(O)c1ccc2nc(-c3cccc4nsnc34)[nH]c2c1. The standard InChI is InChI=1S/C14H8N4O2S/c19-14(20)7-4-5-9-11(6-7)16-13(15-9)8-2-1-3-10-12(8)18-21-17-10/h1-6H,(H,15,16)(H,19,20). The molecule has 0 atom stereocenters. The van der Waals surface area contributed by atoms with Crippen molar-refractivity contribution in [2.75, 3.05) is 0 Å². The van der Waals surface area contributed by atoms with Gasteiger partial charge in [0.05, 0.1) is 28.3 Å². The lowest BCUT2D eigenvalue weighted by Crippen LogP contribution is -1.94. The van der Waals surface area contributed by atoms with E-state index in [2.05, 4.69) is 18.7 Å². The number of aromatic amines is 1. The number of hydrogen-bond donors (Lipinski definition) is 2. The van der Waals surface area contributed by atoms with Crippen LogP contribution < -0.4 is 0 Å². The monoisotopic (exact) mass is 296 g/mol. The zero-order chi connectivity index (χ0) is 14.4. The molecule has 0 spiro atoms. The van der Waals surface area contributed by atoms with Crippen LogP contribution in [0.15, 0.2) is 36.4 Å². The summed E-state index contributed by atoms with van der Waals surface area (Å²) in [6.07, 6.45) is 0. The summed E-state index contributed by atoms with van der Waals surface area (Å²) < 4.78 is 8.49. The van der Waals surface area contributed by atoms with Gasteiger partial charge in [0.15, 0.2) is 0 Å². The molecular weight excluding hydrogens is 288 g/mol. The van der Waals surface area contributed by atoms with E-state index in [4.69, 9.17) is 5.11 Å². The second-order valence-electron chi connectivity index (χ2n) is 4.56. The van der Waals surface area contributed by atoms with Crippen molar-refractivity contribution in [2.24, 2.45) is 0 Å². The molecule has 0 saturated heterocycles. The summed E-state index contributed by atoms with van der Waals surface area (Å²) in [5, 5.41) is 9.03. The van der Waals surface area contributed by atoms with Gasteiger partial charge in [-0.1, -0.05) is 6.07 Å². The summed E-state index contributed by atoms with van der Waals surface area (Å²) in [7, 11) is 0. The molecule has 0 bridgehead atoms. The van der Waals surface area contributed by atoms with E-state index in [1.807, 2.05) is 18.2 Å². The third-order valence-electron chi connectivity index (χ3n) is 3.27. The summed E-state index contributed by atoms with van der Waals surface area (Å²) in [5.41, 5.74) is 4.10. The molecule has 4 rings (SSSR count). The fraction of sp³-hybridized carbons (Fsp3) is 0. The molecule has 7 heteroatoms. The van der Waals surface area contributed by atoms with Crippen molar-refractivity contribution >= 4 is 39.8 Å². The number of carboxylic acids is 1. The number of imidazole rings is 1. The number of fused-ring (bicyclic) bond motifs is 2. The van der Waals surface area contributed by atoms with Gasteiger partial charge >= 0.3 is 5.97 Å². The third-order valence-corrected chi connectivity index (χ3v) is 3.81. The molecule has 0 amide bonds. The highest BCUT2D eigenvalue weighted by molar-refractivity contribution is 7.00. The molecule has 0 aliphatic rings. The Labute approximate surface area is 122 Å². The molecule has 2 aromatic heterocycles. The number of aromatic carboxylic acids is 1. The lowest BCUT2D eigenvalue weighted by molar-refractivity contribution is 0.0697. The number of carbonyl (C=O) groups is 1. The number of nitrogens with zero attached hydrogens (tertiary/aromatic N) is 3. The smallest absolute Gasteiger partial charge is 0.335 e. The number of nitrogens with one attached hydrogen (secondary N) is 1. The second kappa shape index (κ2) is 4.35. The maximum Gasteiger partial charge on any atom is 0.335 e. The summed E-state index contributed by atoms with van der Waals surface area (Å²) in [4.78, 5) is 18.7.